The van der Waals surface area contributed by atoms with Crippen LogP contribution in [0.15, 0.2) is 54.7 Å². The molecule has 2 fully saturated rings. The highest BCUT2D eigenvalue weighted by atomic mass is 19.3. The van der Waals surface area contributed by atoms with Crippen LogP contribution in [0, 0.1) is 11.2 Å². The molecule has 2 aromatic carbocycles. The van der Waals surface area contributed by atoms with Gasteiger partial charge in [0, 0.05) is 30.4 Å². The van der Waals surface area contributed by atoms with Gasteiger partial charge in [-0.05, 0) is 91.1 Å². The second kappa shape index (κ2) is 8.57. The number of alkyl halides is 2. The molecule has 2 aliphatic rings. The fourth-order valence-electron chi connectivity index (χ4n) is 5.22. The van der Waals surface area contributed by atoms with E-state index in [0.29, 0.717) is 24.7 Å². The zero-order valence-corrected chi connectivity index (χ0v) is 17.9. The Bertz CT molecular complexity index is 1150. The van der Waals surface area contributed by atoms with Crippen LogP contribution in [0.25, 0.3) is 10.9 Å². The minimum atomic E-state index is -2.88. The van der Waals surface area contributed by atoms with Gasteiger partial charge in [-0.2, -0.15) is 8.78 Å². The fourth-order valence-corrected chi connectivity index (χ4v) is 5.22. The van der Waals surface area contributed by atoms with Gasteiger partial charge in [0.15, 0.2) is 0 Å². The molecule has 1 saturated heterocycles. The third kappa shape index (κ3) is 4.47. The van der Waals surface area contributed by atoms with E-state index in [0.717, 1.165) is 42.1 Å². The molecule has 5 nitrogen and oxygen atoms in total. The van der Waals surface area contributed by atoms with Gasteiger partial charge < -0.3 is 15.0 Å². The zero-order chi connectivity index (χ0) is 23.0. The first-order chi connectivity index (χ1) is 15.9. The summed E-state index contributed by atoms with van der Waals surface area (Å²) in [6, 6.07) is 12.4. The van der Waals surface area contributed by atoms with E-state index in [1.165, 1.54) is 18.2 Å². The summed E-state index contributed by atoms with van der Waals surface area (Å²) in [5.74, 6) is 0.181. The summed E-state index contributed by atoms with van der Waals surface area (Å²) in [4.78, 5) is 18.8. The number of nitrogens with one attached hydrogen (secondary N) is 1. The third-order valence-corrected chi connectivity index (χ3v) is 6.98. The number of benzene rings is 2. The predicted molar refractivity (Wildman–Crippen MR) is 119 cm³/mol. The Labute approximate surface area is 189 Å². The van der Waals surface area contributed by atoms with Crippen LogP contribution in [0.5, 0.6) is 5.75 Å². The summed E-state index contributed by atoms with van der Waals surface area (Å²) in [5.41, 5.74) is 2.72. The van der Waals surface area contributed by atoms with Crippen molar-refractivity contribution in [1.29, 1.82) is 0 Å². The molecule has 0 unspecified atom stereocenters. The van der Waals surface area contributed by atoms with Crippen molar-refractivity contribution in [2.24, 2.45) is 5.41 Å². The number of ether oxygens (including phenoxy) is 1. The largest absolute Gasteiger partial charge is 0.435 e. The second-order valence-corrected chi connectivity index (χ2v) is 8.99. The van der Waals surface area contributed by atoms with Crippen LogP contribution in [-0.4, -0.2) is 35.6 Å². The van der Waals surface area contributed by atoms with E-state index < -0.39 is 6.61 Å². The molecular weight excluding hydrogens is 431 g/mol. The van der Waals surface area contributed by atoms with Gasteiger partial charge in [0.05, 0.1) is 5.52 Å². The average Bonchev–Trinajstić information content (AvgIpc) is 2.78. The lowest BCUT2D eigenvalue weighted by atomic mass is 9.56. The number of carbonyl (C=O) groups excluding carboxylic acids is 1. The van der Waals surface area contributed by atoms with Crippen LogP contribution in [0.1, 0.15) is 37.2 Å². The van der Waals surface area contributed by atoms with E-state index in [9.17, 15) is 18.0 Å². The van der Waals surface area contributed by atoms with Crippen molar-refractivity contribution in [1.82, 2.24) is 9.88 Å². The molecule has 5 rings (SSSR count). The van der Waals surface area contributed by atoms with E-state index in [4.69, 9.17) is 0 Å². The molecular formula is C25H24F3N3O2. The Morgan fingerprint density at radius 1 is 1.09 bits per heavy atom. The van der Waals surface area contributed by atoms with Gasteiger partial charge in [0.2, 0.25) is 0 Å². The third-order valence-electron chi connectivity index (χ3n) is 6.98. The molecule has 1 saturated carbocycles. The minimum absolute atomic E-state index is 0.0483. The number of aromatic nitrogens is 1. The van der Waals surface area contributed by atoms with E-state index in [2.05, 4.69) is 15.0 Å². The van der Waals surface area contributed by atoms with E-state index >= 15 is 0 Å². The monoisotopic (exact) mass is 455 g/mol. The van der Waals surface area contributed by atoms with Gasteiger partial charge in [-0.15, -0.1) is 0 Å². The van der Waals surface area contributed by atoms with Gasteiger partial charge in [-0.1, -0.05) is 0 Å². The van der Waals surface area contributed by atoms with Crippen LogP contribution in [0.4, 0.5) is 23.7 Å². The molecule has 3 aromatic rings. The van der Waals surface area contributed by atoms with Crippen LogP contribution >= 0.6 is 0 Å². The highest BCUT2D eigenvalue weighted by Crippen LogP contribution is 2.57. The fraction of sp³-hybridized carbons (Fsp3) is 0.360. The molecule has 1 aliphatic carbocycles. The van der Waals surface area contributed by atoms with Gasteiger partial charge >= 0.3 is 12.6 Å². The van der Waals surface area contributed by atoms with Crippen LogP contribution < -0.4 is 10.1 Å². The molecule has 1 spiro atoms. The average molecular weight is 455 g/mol. The maximum absolute atomic E-state index is 13.8. The van der Waals surface area contributed by atoms with Gasteiger partial charge in [0.25, 0.3) is 0 Å². The number of rotatable bonds is 4. The second-order valence-electron chi connectivity index (χ2n) is 8.99. The number of anilines is 1. The van der Waals surface area contributed by atoms with Crippen LogP contribution in [0.2, 0.25) is 0 Å². The normalized spacial score (nSPS) is 17.9. The molecule has 1 N–H and O–H groups in total. The first kappa shape index (κ1) is 21.6. The Balaban J connectivity index is 1.16. The Morgan fingerprint density at radius 2 is 1.82 bits per heavy atom. The summed E-state index contributed by atoms with van der Waals surface area (Å²) in [6.45, 7) is -1.55. The topological polar surface area (TPSA) is 54.5 Å². The lowest BCUT2D eigenvalue weighted by Gasteiger charge is -2.52. The number of hydrogen-bond donors (Lipinski definition) is 1. The standard InChI is InChI=1S/C25H24F3N3O2/c26-17-1-6-22-21(13-17)20(7-10-29-22)16-14-25(15-16)8-11-31(12-9-25)24(32)30-18-2-4-19(5-3-18)33-23(27)28/h1-7,10,13,16,23H,8-9,11-12,14-15H2,(H,30,32). The quantitative estimate of drug-likeness (QED) is 0.512. The van der Waals surface area contributed by atoms with Crippen molar-refractivity contribution in [3.8, 4) is 5.75 Å². The van der Waals surface area contributed by atoms with E-state index in [1.54, 1.807) is 35.4 Å². The number of halogens is 3. The first-order valence-corrected chi connectivity index (χ1v) is 11.1. The molecule has 8 heteroatoms. The Hall–Kier alpha value is -3.29. The number of hydrogen-bond acceptors (Lipinski definition) is 3. The number of fused-ring (bicyclic) bond motifs is 1. The van der Waals surface area contributed by atoms with Crippen molar-refractivity contribution in [3.63, 3.8) is 0 Å². The molecule has 2 heterocycles. The van der Waals surface area contributed by atoms with Crippen molar-refractivity contribution in [2.45, 2.75) is 38.2 Å². The van der Waals surface area contributed by atoms with Gasteiger partial charge in [0.1, 0.15) is 11.6 Å². The Morgan fingerprint density at radius 3 is 2.52 bits per heavy atom. The summed E-state index contributed by atoms with van der Waals surface area (Å²) in [7, 11) is 0. The van der Waals surface area contributed by atoms with Crippen molar-refractivity contribution in [2.75, 3.05) is 18.4 Å². The number of carbonyl (C=O) groups is 1. The summed E-state index contributed by atoms with van der Waals surface area (Å²) >= 11 is 0. The lowest BCUT2D eigenvalue weighted by molar-refractivity contribution is -0.0498. The van der Waals surface area contributed by atoms with E-state index in [1.807, 2.05) is 6.07 Å². The summed E-state index contributed by atoms with van der Waals surface area (Å²) in [5, 5.41) is 3.71. The Kier molecular flexibility index (Phi) is 5.60. The number of likely N-dealkylation sites (tertiary alicyclic amines) is 1. The molecule has 1 aromatic heterocycles. The SMILES string of the molecule is O=C(Nc1ccc(OC(F)F)cc1)N1CCC2(CC1)CC(c1ccnc3ccc(F)cc13)C2. The number of piperidine rings is 1. The molecule has 1 aliphatic heterocycles. The van der Waals surface area contributed by atoms with Crippen molar-refractivity contribution in [3.05, 3.63) is 66.1 Å². The molecule has 0 bridgehead atoms. The summed E-state index contributed by atoms with van der Waals surface area (Å²) in [6.07, 6.45) is 5.71. The maximum atomic E-state index is 13.8. The zero-order valence-electron chi connectivity index (χ0n) is 17.9. The molecule has 2 amide bonds. The highest BCUT2D eigenvalue weighted by molar-refractivity contribution is 5.89. The maximum Gasteiger partial charge on any atom is 0.387 e. The highest BCUT2D eigenvalue weighted by Gasteiger charge is 2.47. The molecule has 0 atom stereocenters. The first-order valence-electron chi connectivity index (χ1n) is 11.1. The number of nitrogens with zero attached hydrogens (tertiary/aromatic N) is 2. The predicted octanol–water partition coefficient (Wildman–Crippen LogP) is 6.17. The van der Waals surface area contributed by atoms with Crippen molar-refractivity contribution >= 4 is 22.6 Å². The van der Waals surface area contributed by atoms with E-state index in [-0.39, 0.29) is 23.0 Å². The summed E-state index contributed by atoms with van der Waals surface area (Å²) < 4.78 is 42.6. The molecule has 33 heavy (non-hydrogen) atoms. The number of pyridine rings is 1. The number of amides is 2. The molecule has 172 valence electrons. The molecule has 0 radical (unpaired) electrons. The van der Waals surface area contributed by atoms with Gasteiger partial charge in [-0.25, -0.2) is 9.18 Å². The van der Waals surface area contributed by atoms with Crippen LogP contribution in [-0.2, 0) is 0 Å². The van der Waals surface area contributed by atoms with Crippen LogP contribution in [0.3, 0.4) is 0 Å². The number of urea groups is 1. The smallest absolute Gasteiger partial charge is 0.387 e. The minimum Gasteiger partial charge on any atom is -0.435 e. The van der Waals surface area contributed by atoms with Crippen molar-refractivity contribution < 1.29 is 22.7 Å². The lowest BCUT2D eigenvalue weighted by Crippen LogP contribution is -2.49. The van der Waals surface area contributed by atoms with Gasteiger partial charge in [-0.3, -0.25) is 4.98 Å².